The standard InChI is InChI=1S/C77H144O17P2/c1-5-9-13-17-21-25-29-32-35-38-42-45-49-53-57-61-74(79)87-67-72(93-76(81)63-59-55-51-47-41-28-24-20-16-12-8-4)69-91-95(83,84)89-65-71(78)66-90-96(85,86)92-70-73(94-77(82)64-60-56-52-48-44-40-37-34-31-27-23-19-15-11-7-3)68-88-75(80)62-58-54-50-46-43-39-36-33-30-26-22-18-14-10-6-2/h32-37,71-73,78H,5-31,38-70H2,1-4H3,(H,83,84)(H,85,86)/b35-32-,36-33-,37-34-. The highest BCUT2D eigenvalue weighted by Gasteiger charge is 2.30. The Morgan fingerprint density at radius 2 is 0.479 bits per heavy atom. The summed E-state index contributed by atoms with van der Waals surface area (Å²) in [5.74, 6) is -2.16. The van der Waals surface area contributed by atoms with Crippen molar-refractivity contribution in [2.24, 2.45) is 0 Å². The SMILES string of the molecule is CCCCCCCC/C=C\CCCCCCCC(=O)OCC(COP(=O)(O)OCC(O)COP(=O)(O)OCC(COC(=O)CCCCCCC/C=C\CCCCCCCC)OC(=O)CCCCCCCCCCCCC)OC(=O)CCCCCCC/C=C\CCCCCCCC. The van der Waals surface area contributed by atoms with E-state index in [1.165, 1.54) is 154 Å². The van der Waals surface area contributed by atoms with E-state index in [1.54, 1.807) is 0 Å². The van der Waals surface area contributed by atoms with Crippen molar-refractivity contribution in [3.05, 3.63) is 36.5 Å². The molecule has 3 N–H and O–H groups in total. The fraction of sp³-hybridized carbons (Fsp3) is 0.870. The lowest BCUT2D eigenvalue weighted by molar-refractivity contribution is -0.161. The van der Waals surface area contributed by atoms with Gasteiger partial charge in [-0.2, -0.15) is 0 Å². The average molecular weight is 1400 g/mol. The van der Waals surface area contributed by atoms with Gasteiger partial charge >= 0.3 is 39.5 Å². The minimum Gasteiger partial charge on any atom is -0.462 e. The zero-order chi connectivity index (χ0) is 70.4. The second-order valence-electron chi connectivity index (χ2n) is 26.7. The van der Waals surface area contributed by atoms with E-state index in [0.29, 0.717) is 25.7 Å². The molecule has 0 saturated carbocycles. The molecule has 0 aromatic heterocycles. The number of aliphatic hydroxyl groups excluding tert-OH is 1. The Labute approximate surface area is 585 Å². The molecule has 0 bridgehead atoms. The Morgan fingerprint density at radius 1 is 0.281 bits per heavy atom. The molecule has 564 valence electrons. The third kappa shape index (κ3) is 69.7. The van der Waals surface area contributed by atoms with Crippen LogP contribution in [0.3, 0.4) is 0 Å². The summed E-state index contributed by atoms with van der Waals surface area (Å²) in [4.78, 5) is 72.8. The van der Waals surface area contributed by atoms with Gasteiger partial charge in [0, 0.05) is 25.7 Å². The first-order valence-corrected chi connectivity index (χ1v) is 42.2. The number of hydrogen-bond acceptors (Lipinski definition) is 15. The quantitative estimate of drug-likeness (QED) is 0.0169. The van der Waals surface area contributed by atoms with Crippen molar-refractivity contribution in [1.82, 2.24) is 0 Å². The van der Waals surface area contributed by atoms with Gasteiger partial charge in [0.25, 0.3) is 0 Å². The van der Waals surface area contributed by atoms with Crippen LogP contribution < -0.4 is 0 Å². The lowest BCUT2D eigenvalue weighted by Crippen LogP contribution is -2.30. The second-order valence-corrected chi connectivity index (χ2v) is 29.6. The monoisotopic (exact) mass is 1400 g/mol. The van der Waals surface area contributed by atoms with E-state index in [9.17, 15) is 43.2 Å². The fourth-order valence-corrected chi connectivity index (χ4v) is 12.6. The van der Waals surface area contributed by atoms with Gasteiger partial charge in [-0.05, 0) is 103 Å². The number of allylic oxidation sites excluding steroid dienone is 6. The summed E-state index contributed by atoms with van der Waals surface area (Å²) in [6.45, 7) is 4.90. The first-order chi connectivity index (χ1) is 46.7. The zero-order valence-corrected chi connectivity index (χ0v) is 63.4. The summed E-state index contributed by atoms with van der Waals surface area (Å²) in [5.41, 5.74) is 0. The molecule has 0 aliphatic carbocycles. The molecule has 0 amide bonds. The Bertz CT molecular complexity index is 1970. The first kappa shape index (κ1) is 93.3. The molecule has 0 radical (unpaired) electrons. The molecule has 0 spiro atoms. The van der Waals surface area contributed by atoms with Gasteiger partial charge in [-0.25, -0.2) is 9.13 Å². The van der Waals surface area contributed by atoms with E-state index in [2.05, 4.69) is 64.2 Å². The normalized spacial score (nSPS) is 14.1. The number of hydrogen-bond donors (Lipinski definition) is 3. The van der Waals surface area contributed by atoms with Crippen LogP contribution in [0.4, 0.5) is 0 Å². The van der Waals surface area contributed by atoms with Crippen molar-refractivity contribution in [3.8, 4) is 0 Å². The van der Waals surface area contributed by atoms with Gasteiger partial charge in [0.2, 0.25) is 0 Å². The van der Waals surface area contributed by atoms with Gasteiger partial charge in [-0.1, -0.05) is 282 Å². The molecule has 0 aromatic rings. The second kappa shape index (κ2) is 70.7. The molecule has 0 aromatic carbocycles. The van der Waals surface area contributed by atoms with Crippen LogP contribution in [0.25, 0.3) is 0 Å². The van der Waals surface area contributed by atoms with Gasteiger partial charge in [0.05, 0.1) is 26.4 Å². The summed E-state index contributed by atoms with van der Waals surface area (Å²) in [6, 6.07) is 0. The lowest BCUT2D eigenvalue weighted by atomic mass is 10.1. The summed E-state index contributed by atoms with van der Waals surface area (Å²) in [7, 11) is -9.93. The van der Waals surface area contributed by atoms with Crippen LogP contribution >= 0.6 is 15.6 Å². The number of phosphoric acid groups is 2. The predicted molar refractivity (Wildman–Crippen MR) is 391 cm³/mol. The maximum atomic E-state index is 13.1. The number of phosphoric ester groups is 2. The number of ether oxygens (including phenoxy) is 4. The molecule has 5 unspecified atom stereocenters. The summed E-state index contributed by atoms with van der Waals surface area (Å²) < 4.78 is 68.5. The van der Waals surface area contributed by atoms with Gasteiger partial charge in [-0.15, -0.1) is 0 Å². The highest BCUT2D eigenvalue weighted by Crippen LogP contribution is 2.45. The summed E-state index contributed by atoms with van der Waals surface area (Å²) >= 11 is 0. The molecule has 5 atom stereocenters. The average Bonchev–Trinajstić information content (AvgIpc) is 1.09. The minimum atomic E-state index is -4.97. The minimum absolute atomic E-state index is 0.0897. The number of aliphatic hydroxyl groups is 1. The van der Waals surface area contributed by atoms with Crippen LogP contribution in [0.5, 0.6) is 0 Å². The van der Waals surface area contributed by atoms with E-state index >= 15 is 0 Å². The number of carbonyl (C=O) groups is 4. The van der Waals surface area contributed by atoms with Crippen LogP contribution in [-0.2, 0) is 65.4 Å². The van der Waals surface area contributed by atoms with Crippen LogP contribution in [0.1, 0.15) is 374 Å². The fourth-order valence-electron chi connectivity index (χ4n) is 11.0. The number of carbonyl (C=O) groups excluding carboxylic acids is 4. The van der Waals surface area contributed by atoms with E-state index in [-0.39, 0.29) is 25.7 Å². The van der Waals surface area contributed by atoms with Crippen LogP contribution in [0, 0.1) is 0 Å². The molecule has 0 rings (SSSR count). The van der Waals surface area contributed by atoms with E-state index in [4.69, 9.17) is 37.0 Å². The molecule has 96 heavy (non-hydrogen) atoms. The van der Waals surface area contributed by atoms with E-state index in [0.717, 1.165) is 141 Å². The van der Waals surface area contributed by atoms with Crippen LogP contribution in [0.15, 0.2) is 36.5 Å². The van der Waals surface area contributed by atoms with E-state index in [1.807, 2.05) is 0 Å². The van der Waals surface area contributed by atoms with Crippen molar-refractivity contribution >= 4 is 39.5 Å². The lowest BCUT2D eigenvalue weighted by Gasteiger charge is -2.21. The molecule has 0 saturated heterocycles. The topological polar surface area (TPSA) is 237 Å². The van der Waals surface area contributed by atoms with Crippen molar-refractivity contribution in [2.75, 3.05) is 39.6 Å². The third-order valence-corrected chi connectivity index (χ3v) is 19.0. The maximum Gasteiger partial charge on any atom is 0.472 e. The van der Waals surface area contributed by atoms with Crippen LogP contribution in [-0.4, -0.2) is 96.7 Å². The Morgan fingerprint density at radius 3 is 0.719 bits per heavy atom. The first-order valence-electron chi connectivity index (χ1n) is 39.2. The molecule has 19 heteroatoms. The van der Waals surface area contributed by atoms with Gasteiger partial charge in [-0.3, -0.25) is 37.3 Å². The predicted octanol–water partition coefficient (Wildman–Crippen LogP) is 22.3. The number of unbranched alkanes of at least 4 members (excludes halogenated alkanes) is 43. The molecule has 0 aliphatic heterocycles. The molecule has 0 heterocycles. The Hall–Kier alpha value is -2.72. The smallest absolute Gasteiger partial charge is 0.462 e. The van der Waals surface area contributed by atoms with Crippen molar-refractivity contribution in [1.29, 1.82) is 0 Å². The van der Waals surface area contributed by atoms with Gasteiger partial charge < -0.3 is 33.8 Å². The Balaban J connectivity index is 5.30. The molecule has 0 aliphatic rings. The van der Waals surface area contributed by atoms with Crippen molar-refractivity contribution < 1.29 is 80.2 Å². The van der Waals surface area contributed by atoms with Gasteiger partial charge in [0.15, 0.2) is 12.2 Å². The molecular formula is C77H144O17P2. The van der Waals surface area contributed by atoms with Gasteiger partial charge in [0.1, 0.15) is 19.3 Å². The summed E-state index contributed by atoms with van der Waals surface area (Å²) in [6.07, 6.45) is 65.6. The highest BCUT2D eigenvalue weighted by atomic mass is 31.2. The van der Waals surface area contributed by atoms with E-state index < -0.39 is 97.5 Å². The summed E-state index contributed by atoms with van der Waals surface area (Å²) in [5, 5.41) is 10.6. The third-order valence-electron chi connectivity index (χ3n) is 17.1. The molecular weight excluding hydrogens is 1260 g/mol. The number of rotatable bonds is 75. The molecule has 0 fully saturated rings. The number of esters is 4. The Kier molecular flexibility index (Phi) is 68.7. The van der Waals surface area contributed by atoms with Crippen molar-refractivity contribution in [2.45, 2.75) is 393 Å². The highest BCUT2D eigenvalue weighted by molar-refractivity contribution is 7.47. The molecule has 17 nitrogen and oxygen atoms in total. The van der Waals surface area contributed by atoms with Crippen molar-refractivity contribution in [3.63, 3.8) is 0 Å². The zero-order valence-electron chi connectivity index (χ0n) is 61.6. The largest absolute Gasteiger partial charge is 0.472 e. The van der Waals surface area contributed by atoms with Crippen LogP contribution in [0.2, 0.25) is 0 Å². The maximum absolute atomic E-state index is 13.1.